The van der Waals surface area contributed by atoms with Gasteiger partial charge in [-0.15, -0.1) is 0 Å². The quantitative estimate of drug-likeness (QED) is 0.519. The van der Waals surface area contributed by atoms with Gasteiger partial charge in [0.2, 0.25) is 5.91 Å². The van der Waals surface area contributed by atoms with Gasteiger partial charge in [-0.1, -0.05) is 18.2 Å². The summed E-state index contributed by atoms with van der Waals surface area (Å²) in [5.41, 5.74) is 9.80. The second-order valence-corrected chi connectivity index (χ2v) is 8.27. The molecule has 0 radical (unpaired) electrons. The van der Waals surface area contributed by atoms with Crippen molar-refractivity contribution < 1.29 is 9.18 Å². The maximum atomic E-state index is 13.6. The summed E-state index contributed by atoms with van der Waals surface area (Å²) in [6.07, 6.45) is 6.33. The molecule has 3 aromatic rings. The molecule has 32 heavy (non-hydrogen) atoms. The average molecular weight is 433 g/mol. The van der Waals surface area contributed by atoms with E-state index in [9.17, 15) is 9.18 Å². The van der Waals surface area contributed by atoms with Crippen molar-refractivity contribution in [3.05, 3.63) is 90.0 Å². The Labute approximate surface area is 188 Å². The van der Waals surface area contributed by atoms with Crippen LogP contribution in [0.25, 0.3) is 0 Å². The van der Waals surface area contributed by atoms with Crippen molar-refractivity contribution in [2.45, 2.75) is 44.8 Å². The number of carbonyl (C=O) groups is 1. The van der Waals surface area contributed by atoms with Gasteiger partial charge in [0.15, 0.2) is 0 Å². The Morgan fingerprint density at radius 3 is 2.47 bits per heavy atom. The summed E-state index contributed by atoms with van der Waals surface area (Å²) in [6.45, 7) is 3.61. The van der Waals surface area contributed by atoms with Crippen molar-refractivity contribution in [1.29, 1.82) is 0 Å². The molecule has 1 aromatic heterocycles. The van der Waals surface area contributed by atoms with Crippen LogP contribution in [0.2, 0.25) is 0 Å². The van der Waals surface area contributed by atoms with E-state index in [1.54, 1.807) is 24.5 Å². The molecule has 0 saturated heterocycles. The molecular formula is C26H29FN4O. The molecule has 0 spiro atoms. The summed E-state index contributed by atoms with van der Waals surface area (Å²) in [7, 11) is 0. The van der Waals surface area contributed by atoms with E-state index < -0.39 is 11.9 Å². The van der Waals surface area contributed by atoms with Crippen molar-refractivity contribution in [2.24, 2.45) is 5.73 Å². The molecule has 0 bridgehead atoms. The number of halogens is 1. The second-order valence-electron chi connectivity index (χ2n) is 8.27. The Balaban J connectivity index is 1.66. The number of carbonyl (C=O) groups excluding carboxylic acids is 1. The van der Waals surface area contributed by atoms with Crippen LogP contribution in [0.5, 0.6) is 0 Å². The number of amides is 1. The van der Waals surface area contributed by atoms with Gasteiger partial charge in [-0.25, -0.2) is 4.39 Å². The van der Waals surface area contributed by atoms with Crippen LogP contribution in [0.15, 0.2) is 73.1 Å². The van der Waals surface area contributed by atoms with Crippen LogP contribution in [0.3, 0.4) is 0 Å². The van der Waals surface area contributed by atoms with E-state index in [0.29, 0.717) is 19.0 Å². The van der Waals surface area contributed by atoms with Gasteiger partial charge in [-0.3, -0.25) is 9.78 Å². The topological polar surface area (TPSA) is 62.5 Å². The molecule has 5 nitrogen and oxygen atoms in total. The third kappa shape index (κ3) is 5.25. The SMILES string of the molecule is CCN(c1cccc(CN(c2ccc(F)cc2)[C@@H](Cc2cccnc2)C(N)=O)c1)C1CC1. The first-order valence-corrected chi connectivity index (χ1v) is 11.1. The Hall–Kier alpha value is -3.41. The van der Waals surface area contributed by atoms with E-state index in [4.69, 9.17) is 5.73 Å². The van der Waals surface area contributed by atoms with Crippen LogP contribution in [0.1, 0.15) is 30.9 Å². The lowest BCUT2D eigenvalue weighted by Gasteiger charge is -2.32. The molecule has 0 aliphatic heterocycles. The number of hydrogen-bond donors (Lipinski definition) is 1. The van der Waals surface area contributed by atoms with Crippen molar-refractivity contribution in [2.75, 3.05) is 16.3 Å². The fourth-order valence-electron chi connectivity index (χ4n) is 4.19. The molecule has 1 heterocycles. The predicted molar refractivity (Wildman–Crippen MR) is 126 cm³/mol. The third-order valence-corrected chi connectivity index (χ3v) is 5.94. The molecule has 2 N–H and O–H groups in total. The first-order valence-electron chi connectivity index (χ1n) is 11.1. The second kappa shape index (κ2) is 9.81. The van der Waals surface area contributed by atoms with Crippen LogP contribution in [-0.2, 0) is 17.8 Å². The summed E-state index contributed by atoms with van der Waals surface area (Å²) in [5, 5.41) is 0. The minimum Gasteiger partial charge on any atom is -0.369 e. The van der Waals surface area contributed by atoms with Gasteiger partial charge < -0.3 is 15.5 Å². The maximum absolute atomic E-state index is 13.6. The third-order valence-electron chi connectivity index (χ3n) is 5.94. The first kappa shape index (κ1) is 21.8. The predicted octanol–water partition coefficient (Wildman–Crippen LogP) is 4.31. The molecule has 166 valence electrons. The van der Waals surface area contributed by atoms with Crippen molar-refractivity contribution in [1.82, 2.24) is 4.98 Å². The zero-order valence-corrected chi connectivity index (χ0v) is 18.3. The first-order chi connectivity index (χ1) is 15.5. The van der Waals surface area contributed by atoms with Crippen LogP contribution >= 0.6 is 0 Å². The molecule has 1 saturated carbocycles. The van der Waals surface area contributed by atoms with Crippen LogP contribution < -0.4 is 15.5 Å². The van der Waals surface area contributed by atoms with Gasteiger partial charge in [-0.05, 0) is 73.4 Å². The molecule has 6 heteroatoms. The van der Waals surface area contributed by atoms with Gasteiger partial charge in [-0.2, -0.15) is 0 Å². The fourth-order valence-corrected chi connectivity index (χ4v) is 4.19. The average Bonchev–Trinajstić information content (AvgIpc) is 3.63. The van der Waals surface area contributed by atoms with Gasteiger partial charge in [0, 0.05) is 49.3 Å². The number of aromatic nitrogens is 1. The summed E-state index contributed by atoms with van der Waals surface area (Å²) in [5.74, 6) is -0.746. The van der Waals surface area contributed by atoms with Crippen molar-refractivity contribution >= 4 is 17.3 Å². The molecule has 1 aliphatic rings. The summed E-state index contributed by atoms with van der Waals surface area (Å²) in [4.78, 5) is 21.1. The fraction of sp³-hybridized carbons (Fsp3) is 0.308. The Morgan fingerprint density at radius 2 is 1.84 bits per heavy atom. The minimum absolute atomic E-state index is 0.318. The molecule has 1 aliphatic carbocycles. The van der Waals surface area contributed by atoms with E-state index in [0.717, 1.165) is 23.4 Å². The number of anilines is 2. The van der Waals surface area contributed by atoms with E-state index in [-0.39, 0.29) is 5.82 Å². The van der Waals surface area contributed by atoms with Crippen LogP contribution in [-0.4, -0.2) is 29.5 Å². The number of primary amides is 1. The maximum Gasteiger partial charge on any atom is 0.240 e. The van der Waals surface area contributed by atoms with E-state index in [2.05, 4.69) is 41.1 Å². The Morgan fingerprint density at radius 1 is 1.09 bits per heavy atom. The lowest BCUT2D eigenvalue weighted by Crippen LogP contribution is -2.46. The van der Waals surface area contributed by atoms with Crippen molar-refractivity contribution in [3.8, 4) is 0 Å². The van der Waals surface area contributed by atoms with Crippen LogP contribution in [0.4, 0.5) is 15.8 Å². The number of benzene rings is 2. The Kier molecular flexibility index (Phi) is 6.69. The van der Waals surface area contributed by atoms with E-state index >= 15 is 0 Å². The Bertz CT molecular complexity index is 1040. The molecule has 1 amide bonds. The number of rotatable bonds is 10. The summed E-state index contributed by atoms with van der Waals surface area (Å²) >= 11 is 0. The highest BCUT2D eigenvalue weighted by Gasteiger charge is 2.29. The number of nitrogens with zero attached hydrogens (tertiary/aromatic N) is 3. The highest BCUT2D eigenvalue weighted by Crippen LogP contribution is 2.32. The van der Waals surface area contributed by atoms with Gasteiger partial charge in [0.25, 0.3) is 0 Å². The van der Waals surface area contributed by atoms with Gasteiger partial charge in [0.05, 0.1) is 0 Å². The molecule has 4 rings (SSSR count). The lowest BCUT2D eigenvalue weighted by molar-refractivity contribution is -0.119. The highest BCUT2D eigenvalue weighted by atomic mass is 19.1. The molecule has 1 atom stereocenters. The van der Waals surface area contributed by atoms with E-state index in [1.807, 2.05) is 17.0 Å². The molecular weight excluding hydrogens is 403 g/mol. The summed E-state index contributed by atoms with van der Waals surface area (Å²) < 4.78 is 13.6. The molecule has 2 aromatic carbocycles. The number of nitrogens with two attached hydrogens (primary N) is 1. The summed E-state index contributed by atoms with van der Waals surface area (Å²) in [6, 6.07) is 18.4. The normalized spacial score (nSPS) is 14.1. The highest BCUT2D eigenvalue weighted by molar-refractivity contribution is 5.84. The number of pyridine rings is 1. The zero-order chi connectivity index (χ0) is 22.5. The minimum atomic E-state index is -0.598. The number of hydrogen-bond acceptors (Lipinski definition) is 4. The molecule has 0 unspecified atom stereocenters. The van der Waals surface area contributed by atoms with Crippen molar-refractivity contribution in [3.63, 3.8) is 0 Å². The molecule has 1 fully saturated rings. The largest absolute Gasteiger partial charge is 0.369 e. The standard InChI is InChI=1S/C26H29FN4O/c1-2-30(22-12-13-22)24-7-3-5-20(15-24)18-31(23-10-8-21(27)9-11-23)25(26(28)32)16-19-6-4-14-29-17-19/h3-11,14-15,17,22,25H,2,12-13,16,18H2,1H3,(H2,28,32)/t25-/m0/s1. The monoisotopic (exact) mass is 432 g/mol. The van der Waals surface area contributed by atoms with E-state index in [1.165, 1.54) is 30.7 Å². The lowest BCUT2D eigenvalue weighted by atomic mass is 10.0. The van der Waals surface area contributed by atoms with Gasteiger partial charge in [0.1, 0.15) is 11.9 Å². The smallest absolute Gasteiger partial charge is 0.240 e. The van der Waals surface area contributed by atoms with Gasteiger partial charge >= 0.3 is 0 Å². The van der Waals surface area contributed by atoms with Crippen LogP contribution in [0, 0.1) is 5.82 Å². The zero-order valence-electron chi connectivity index (χ0n) is 18.3.